The Morgan fingerprint density at radius 1 is 0.971 bits per heavy atom. The van der Waals surface area contributed by atoms with Crippen molar-refractivity contribution >= 4 is 23.7 Å². The highest BCUT2D eigenvalue weighted by Crippen LogP contribution is 2.44. The number of carboxylic acid groups (broad SMARTS) is 1. The van der Waals surface area contributed by atoms with Crippen LogP contribution in [0.4, 0.5) is 14.9 Å². The number of anilines is 1. The minimum Gasteiger partial charge on any atom is -0.481 e. The first-order valence-corrected chi connectivity index (χ1v) is 11.3. The molecule has 0 aromatic heterocycles. The van der Waals surface area contributed by atoms with Crippen molar-refractivity contribution in [1.29, 1.82) is 0 Å². The fourth-order valence-corrected chi connectivity index (χ4v) is 4.17. The van der Waals surface area contributed by atoms with Crippen LogP contribution in [0.25, 0.3) is 11.1 Å². The number of carbonyl (C=O) groups excluding carboxylic acids is 2. The summed E-state index contributed by atoms with van der Waals surface area (Å²) in [7, 11) is 0. The van der Waals surface area contributed by atoms with Gasteiger partial charge in [-0.05, 0) is 40.8 Å². The summed E-state index contributed by atoms with van der Waals surface area (Å²) in [6, 6.07) is 19.9. The highest BCUT2D eigenvalue weighted by molar-refractivity contribution is 5.96. The van der Waals surface area contributed by atoms with Gasteiger partial charge in [0.25, 0.3) is 5.91 Å². The fraction of sp³-hybridized carbons (Fsp3) is 0.222. The zero-order valence-corrected chi connectivity index (χ0v) is 19.1. The number of fused-ring (bicyclic) bond motifs is 3. The maximum absolute atomic E-state index is 14.9. The molecule has 0 saturated heterocycles. The van der Waals surface area contributed by atoms with Crippen LogP contribution in [0.5, 0.6) is 0 Å². The summed E-state index contributed by atoms with van der Waals surface area (Å²) < 4.78 is 20.3. The Labute approximate surface area is 201 Å². The van der Waals surface area contributed by atoms with Crippen LogP contribution in [0.3, 0.4) is 0 Å². The van der Waals surface area contributed by atoms with Gasteiger partial charge in [0.15, 0.2) is 5.82 Å². The first kappa shape index (κ1) is 23.9. The number of carboxylic acids is 1. The molecule has 0 bridgehead atoms. The smallest absolute Gasteiger partial charge is 0.411 e. The summed E-state index contributed by atoms with van der Waals surface area (Å²) in [6.45, 7) is 1.67. The van der Waals surface area contributed by atoms with Crippen molar-refractivity contribution in [2.45, 2.75) is 19.3 Å². The predicted octanol–water partition coefficient (Wildman–Crippen LogP) is 5.03. The number of carbonyl (C=O) groups is 3. The lowest BCUT2D eigenvalue weighted by atomic mass is 9.98. The molecule has 1 unspecified atom stereocenters. The van der Waals surface area contributed by atoms with E-state index in [-0.39, 0.29) is 36.7 Å². The first-order valence-electron chi connectivity index (χ1n) is 11.3. The average Bonchev–Trinajstić information content (AvgIpc) is 3.17. The molecule has 180 valence electrons. The third kappa shape index (κ3) is 5.16. The molecule has 3 aromatic carbocycles. The van der Waals surface area contributed by atoms with Crippen molar-refractivity contribution in [2.24, 2.45) is 5.92 Å². The standard InChI is InChI=1S/C27H25FN2O5/c1-16(26(32)33)13-14-29-25(31)21-11-6-12-23(24(21)28)30-27(34)35-15-22-19-9-4-2-7-17(19)18-8-3-5-10-20(18)22/h2-12,16,22H,13-15H2,1H3,(H,29,31)(H,30,34)(H,32,33). The van der Waals surface area contributed by atoms with E-state index in [0.29, 0.717) is 0 Å². The van der Waals surface area contributed by atoms with Crippen LogP contribution in [0.2, 0.25) is 0 Å². The van der Waals surface area contributed by atoms with Crippen LogP contribution in [0.15, 0.2) is 66.7 Å². The normalized spacial score (nSPS) is 12.9. The summed E-state index contributed by atoms with van der Waals surface area (Å²) in [5, 5.41) is 13.8. The third-order valence-corrected chi connectivity index (χ3v) is 6.11. The van der Waals surface area contributed by atoms with Gasteiger partial charge in [-0.15, -0.1) is 0 Å². The fourth-order valence-electron chi connectivity index (χ4n) is 4.17. The Morgan fingerprint density at radius 3 is 2.23 bits per heavy atom. The molecule has 0 spiro atoms. The van der Waals surface area contributed by atoms with E-state index in [1.807, 2.05) is 48.5 Å². The van der Waals surface area contributed by atoms with Gasteiger partial charge in [0.1, 0.15) is 6.61 Å². The molecule has 1 aliphatic rings. The molecule has 1 atom stereocenters. The number of ether oxygens (including phenoxy) is 1. The molecular formula is C27H25FN2O5. The molecule has 8 heteroatoms. The highest BCUT2D eigenvalue weighted by Gasteiger charge is 2.29. The summed E-state index contributed by atoms with van der Waals surface area (Å²) >= 11 is 0. The topological polar surface area (TPSA) is 105 Å². The number of hydrogen-bond donors (Lipinski definition) is 3. The van der Waals surface area contributed by atoms with Crippen molar-refractivity contribution in [1.82, 2.24) is 5.32 Å². The van der Waals surface area contributed by atoms with Crippen LogP contribution in [-0.4, -0.2) is 36.2 Å². The second-order valence-corrected chi connectivity index (χ2v) is 8.40. The Morgan fingerprint density at radius 2 is 1.60 bits per heavy atom. The largest absolute Gasteiger partial charge is 0.481 e. The molecule has 1 aliphatic carbocycles. The third-order valence-electron chi connectivity index (χ3n) is 6.11. The van der Waals surface area contributed by atoms with Crippen LogP contribution in [0.1, 0.15) is 40.7 Å². The van der Waals surface area contributed by atoms with E-state index in [1.54, 1.807) is 0 Å². The first-order chi connectivity index (χ1) is 16.9. The van der Waals surface area contributed by atoms with Gasteiger partial charge in [-0.25, -0.2) is 9.18 Å². The molecule has 7 nitrogen and oxygen atoms in total. The van der Waals surface area contributed by atoms with E-state index in [1.165, 1.54) is 25.1 Å². The molecule has 3 aromatic rings. The van der Waals surface area contributed by atoms with Gasteiger partial charge >= 0.3 is 12.1 Å². The molecule has 3 N–H and O–H groups in total. The van der Waals surface area contributed by atoms with Crippen LogP contribution >= 0.6 is 0 Å². The second kappa shape index (κ2) is 10.4. The van der Waals surface area contributed by atoms with Gasteiger partial charge in [0.2, 0.25) is 0 Å². The molecule has 0 heterocycles. The predicted molar refractivity (Wildman–Crippen MR) is 129 cm³/mol. The minimum absolute atomic E-state index is 0.0728. The van der Waals surface area contributed by atoms with Gasteiger partial charge in [-0.3, -0.25) is 14.9 Å². The molecule has 0 fully saturated rings. The average molecular weight is 477 g/mol. The van der Waals surface area contributed by atoms with Crippen LogP contribution in [0, 0.1) is 11.7 Å². The number of benzene rings is 3. The molecule has 4 rings (SSSR count). The van der Waals surface area contributed by atoms with Gasteiger partial charge < -0.3 is 15.2 Å². The Kier molecular flexibility index (Phi) is 7.10. The summed E-state index contributed by atoms with van der Waals surface area (Å²) in [5.41, 5.74) is 3.87. The van der Waals surface area contributed by atoms with Gasteiger partial charge in [0.05, 0.1) is 17.2 Å². The zero-order chi connectivity index (χ0) is 24.9. The van der Waals surface area contributed by atoms with Gasteiger partial charge in [-0.1, -0.05) is 61.5 Å². The molecule has 0 aliphatic heterocycles. The number of hydrogen-bond acceptors (Lipinski definition) is 4. The molecule has 0 radical (unpaired) electrons. The second-order valence-electron chi connectivity index (χ2n) is 8.40. The van der Waals surface area contributed by atoms with Crippen LogP contribution < -0.4 is 10.6 Å². The van der Waals surface area contributed by atoms with Gasteiger partial charge in [-0.2, -0.15) is 0 Å². The Hall–Kier alpha value is -4.20. The number of halogens is 1. The Bertz CT molecular complexity index is 1230. The maximum atomic E-state index is 14.9. The van der Waals surface area contributed by atoms with E-state index < -0.39 is 29.7 Å². The van der Waals surface area contributed by atoms with E-state index in [9.17, 15) is 18.8 Å². The summed E-state index contributed by atoms with van der Waals surface area (Å²) in [4.78, 5) is 35.7. The SMILES string of the molecule is CC(CCNC(=O)c1cccc(NC(=O)OCC2c3ccccc3-c3ccccc32)c1F)C(=O)O. The lowest BCUT2D eigenvalue weighted by Gasteiger charge is -2.15. The minimum atomic E-state index is -0.972. The van der Waals surface area contributed by atoms with E-state index in [0.717, 1.165) is 22.3 Å². The summed E-state index contributed by atoms with van der Waals surface area (Å²) in [6.07, 6.45) is -0.626. The molecule has 2 amide bonds. The van der Waals surface area contributed by atoms with E-state index in [4.69, 9.17) is 9.84 Å². The van der Waals surface area contributed by atoms with Gasteiger partial charge in [0, 0.05) is 12.5 Å². The van der Waals surface area contributed by atoms with Crippen molar-refractivity contribution in [3.05, 3.63) is 89.2 Å². The number of amides is 2. The van der Waals surface area contributed by atoms with Crippen molar-refractivity contribution in [2.75, 3.05) is 18.5 Å². The molecule has 35 heavy (non-hydrogen) atoms. The molecular weight excluding hydrogens is 451 g/mol. The van der Waals surface area contributed by atoms with E-state index >= 15 is 0 Å². The number of aliphatic carboxylic acids is 1. The van der Waals surface area contributed by atoms with Crippen molar-refractivity contribution in [3.8, 4) is 11.1 Å². The monoisotopic (exact) mass is 476 g/mol. The number of nitrogens with one attached hydrogen (secondary N) is 2. The lowest BCUT2D eigenvalue weighted by Crippen LogP contribution is -2.28. The van der Waals surface area contributed by atoms with Crippen LogP contribution in [-0.2, 0) is 9.53 Å². The number of rotatable bonds is 8. The summed E-state index contributed by atoms with van der Waals surface area (Å²) in [5.74, 6) is -3.34. The van der Waals surface area contributed by atoms with Crippen molar-refractivity contribution < 1.29 is 28.6 Å². The molecule has 0 saturated carbocycles. The van der Waals surface area contributed by atoms with Crippen molar-refractivity contribution in [3.63, 3.8) is 0 Å². The Balaban J connectivity index is 1.39. The lowest BCUT2D eigenvalue weighted by molar-refractivity contribution is -0.141. The zero-order valence-electron chi connectivity index (χ0n) is 19.1. The maximum Gasteiger partial charge on any atom is 0.411 e. The quantitative estimate of drug-likeness (QED) is 0.423. The highest BCUT2D eigenvalue weighted by atomic mass is 19.1. The van der Waals surface area contributed by atoms with E-state index in [2.05, 4.69) is 10.6 Å².